The first-order valence-electron chi connectivity index (χ1n) is 12.3. The summed E-state index contributed by atoms with van der Waals surface area (Å²) >= 11 is 0. The Bertz CT molecular complexity index is 1220. The lowest BCUT2D eigenvalue weighted by atomic mass is 9.76. The molecule has 0 saturated carbocycles. The van der Waals surface area contributed by atoms with Gasteiger partial charge in [-0.15, -0.1) is 0 Å². The number of hydrogen-bond donors (Lipinski definition) is 1. The highest BCUT2D eigenvalue weighted by Crippen LogP contribution is 2.53. The van der Waals surface area contributed by atoms with Gasteiger partial charge in [-0.25, -0.2) is 0 Å². The van der Waals surface area contributed by atoms with E-state index in [-0.39, 0.29) is 24.2 Å². The van der Waals surface area contributed by atoms with Crippen molar-refractivity contribution in [2.24, 2.45) is 0 Å². The second-order valence-electron chi connectivity index (χ2n) is 9.51. The van der Waals surface area contributed by atoms with Gasteiger partial charge >= 0.3 is 0 Å². The first kappa shape index (κ1) is 26.7. The molecule has 0 aromatic heterocycles. The van der Waals surface area contributed by atoms with E-state index in [4.69, 9.17) is 28.4 Å². The van der Waals surface area contributed by atoms with Crippen molar-refractivity contribution in [1.82, 2.24) is 10.2 Å². The number of fused-ring (bicyclic) bond motifs is 4. The third-order valence-corrected chi connectivity index (χ3v) is 7.88. The highest BCUT2D eigenvalue weighted by molar-refractivity contribution is 5.65. The molecule has 0 unspecified atom stereocenters. The fraction of sp³-hybridized carbons (Fsp3) is 0.536. The molecule has 2 aliphatic rings. The molecule has 0 spiro atoms. The Kier molecular flexibility index (Phi) is 7.62. The number of likely N-dealkylation sites (N-methyl/N-ethyl adjacent to an activating group) is 1. The van der Waals surface area contributed by atoms with E-state index in [1.807, 2.05) is 19.9 Å². The first-order chi connectivity index (χ1) is 17.8. The van der Waals surface area contributed by atoms with Crippen LogP contribution in [0, 0.1) is 25.2 Å². The van der Waals surface area contributed by atoms with Crippen LogP contribution in [0.1, 0.15) is 33.9 Å². The molecule has 9 nitrogen and oxygen atoms in total. The van der Waals surface area contributed by atoms with Crippen LogP contribution in [0.3, 0.4) is 0 Å². The van der Waals surface area contributed by atoms with Crippen molar-refractivity contribution in [3.8, 4) is 40.6 Å². The number of hydrogen-bond acceptors (Lipinski definition) is 9. The minimum Gasteiger partial charge on any atom is -0.496 e. The van der Waals surface area contributed by atoms with Crippen molar-refractivity contribution >= 4 is 0 Å². The van der Waals surface area contributed by atoms with Crippen LogP contribution >= 0.6 is 0 Å². The number of ether oxygens (including phenoxy) is 6. The molecule has 2 bridgehead atoms. The number of piperazine rings is 1. The molecule has 2 aromatic carbocycles. The fourth-order valence-corrected chi connectivity index (χ4v) is 6.35. The highest BCUT2D eigenvalue weighted by atomic mass is 16.5. The van der Waals surface area contributed by atoms with Gasteiger partial charge in [-0.1, -0.05) is 0 Å². The summed E-state index contributed by atoms with van der Waals surface area (Å²) in [5.41, 5.74) is 4.78. The Morgan fingerprint density at radius 1 is 0.865 bits per heavy atom. The average molecular weight is 512 g/mol. The third kappa shape index (κ3) is 4.09. The van der Waals surface area contributed by atoms with E-state index < -0.39 is 0 Å². The molecule has 1 saturated heterocycles. The SMILES string of the molecule is COc1cc(C[C@H]2N[C@H](C#N)[C@H]3Cc4c(OC)c(C)c(OC)c(OC)c4[C@@H]2N3C)c(OC)c(C)c1OC. The van der Waals surface area contributed by atoms with E-state index in [1.165, 1.54) is 0 Å². The average Bonchev–Trinajstić information content (AvgIpc) is 2.89. The van der Waals surface area contributed by atoms with Gasteiger partial charge in [-0.3, -0.25) is 10.2 Å². The number of rotatable bonds is 8. The lowest BCUT2D eigenvalue weighted by Gasteiger charge is -2.52. The molecule has 0 aliphatic carbocycles. The van der Waals surface area contributed by atoms with Gasteiger partial charge < -0.3 is 28.4 Å². The van der Waals surface area contributed by atoms with Crippen LogP contribution in [0.25, 0.3) is 0 Å². The van der Waals surface area contributed by atoms with Gasteiger partial charge in [0.25, 0.3) is 0 Å². The molecule has 0 radical (unpaired) electrons. The van der Waals surface area contributed by atoms with Crippen LogP contribution < -0.4 is 33.7 Å². The molecule has 4 rings (SSSR count). The zero-order valence-corrected chi connectivity index (χ0v) is 23.1. The lowest BCUT2D eigenvalue weighted by Crippen LogP contribution is -2.65. The summed E-state index contributed by atoms with van der Waals surface area (Å²) < 4.78 is 34.8. The molecule has 37 heavy (non-hydrogen) atoms. The summed E-state index contributed by atoms with van der Waals surface area (Å²) in [4.78, 5) is 2.29. The van der Waals surface area contributed by atoms with Crippen LogP contribution in [-0.2, 0) is 12.8 Å². The first-order valence-corrected chi connectivity index (χ1v) is 12.3. The Morgan fingerprint density at radius 3 is 2.00 bits per heavy atom. The standard InChI is InChI=1S/C28H37N3O6/c1-14-24(33-5)16(11-21(32-4)26(14)35-7)10-18-23-22-17(12-20(31(23)3)19(13-29)30-18)25(34-6)15(2)27(36-8)28(22)37-9/h11,18-20,23,30H,10,12H2,1-9H3/t18-,19-,20-,23-/m1/s1. The molecule has 2 heterocycles. The Balaban J connectivity index is 1.93. The number of benzene rings is 2. The Hall–Kier alpha value is -3.35. The van der Waals surface area contributed by atoms with Gasteiger partial charge in [-0.2, -0.15) is 5.26 Å². The Labute approximate surface area is 219 Å². The summed E-state index contributed by atoms with van der Waals surface area (Å²) in [6, 6.07) is 3.78. The summed E-state index contributed by atoms with van der Waals surface area (Å²) in [6.07, 6.45) is 1.23. The summed E-state index contributed by atoms with van der Waals surface area (Å²) in [7, 11) is 12.0. The second-order valence-corrected chi connectivity index (χ2v) is 9.51. The smallest absolute Gasteiger partial charge is 0.167 e. The maximum Gasteiger partial charge on any atom is 0.167 e. The van der Waals surface area contributed by atoms with E-state index in [2.05, 4.69) is 23.3 Å². The molecular weight excluding hydrogens is 474 g/mol. The third-order valence-electron chi connectivity index (χ3n) is 7.88. The van der Waals surface area contributed by atoms with Gasteiger partial charge in [-0.05, 0) is 45.4 Å². The van der Waals surface area contributed by atoms with Crippen LogP contribution in [0.2, 0.25) is 0 Å². The summed E-state index contributed by atoms with van der Waals surface area (Å²) in [5, 5.41) is 13.8. The van der Waals surface area contributed by atoms with Crippen molar-refractivity contribution in [2.75, 3.05) is 49.7 Å². The predicted molar refractivity (Wildman–Crippen MR) is 140 cm³/mol. The zero-order chi connectivity index (χ0) is 27.0. The molecule has 9 heteroatoms. The summed E-state index contributed by atoms with van der Waals surface area (Å²) in [5.74, 6) is 4.15. The van der Waals surface area contributed by atoms with Crippen LogP contribution in [0.4, 0.5) is 0 Å². The largest absolute Gasteiger partial charge is 0.496 e. The van der Waals surface area contributed by atoms with Crippen LogP contribution in [0.5, 0.6) is 34.5 Å². The second kappa shape index (κ2) is 10.6. The number of nitriles is 1. The van der Waals surface area contributed by atoms with E-state index in [0.717, 1.165) is 39.3 Å². The van der Waals surface area contributed by atoms with Gasteiger partial charge in [0.15, 0.2) is 23.0 Å². The topological polar surface area (TPSA) is 94.4 Å². The van der Waals surface area contributed by atoms with Gasteiger partial charge in [0.05, 0.1) is 54.8 Å². The monoisotopic (exact) mass is 511 g/mol. The minimum atomic E-state index is -0.371. The van der Waals surface area contributed by atoms with Crippen molar-refractivity contribution in [3.63, 3.8) is 0 Å². The van der Waals surface area contributed by atoms with E-state index in [1.54, 1.807) is 42.7 Å². The van der Waals surface area contributed by atoms with E-state index >= 15 is 0 Å². The number of nitrogens with one attached hydrogen (secondary N) is 1. The lowest BCUT2D eigenvalue weighted by molar-refractivity contribution is 0.0536. The van der Waals surface area contributed by atoms with Crippen molar-refractivity contribution in [2.45, 2.75) is 50.9 Å². The van der Waals surface area contributed by atoms with Crippen LogP contribution in [0.15, 0.2) is 6.07 Å². The molecule has 200 valence electrons. The normalized spacial score (nSPS) is 22.5. The maximum atomic E-state index is 10.1. The number of methoxy groups -OCH3 is 6. The molecule has 4 atom stereocenters. The quantitative estimate of drug-likeness (QED) is 0.572. The van der Waals surface area contributed by atoms with Gasteiger partial charge in [0, 0.05) is 34.3 Å². The van der Waals surface area contributed by atoms with Crippen molar-refractivity contribution in [1.29, 1.82) is 5.26 Å². The zero-order valence-electron chi connectivity index (χ0n) is 23.1. The molecule has 1 N–H and O–H groups in total. The predicted octanol–water partition coefficient (Wildman–Crippen LogP) is 3.36. The molecule has 2 aromatic rings. The molecule has 1 fully saturated rings. The van der Waals surface area contributed by atoms with Gasteiger partial charge in [0.2, 0.25) is 0 Å². The highest BCUT2D eigenvalue weighted by Gasteiger charge is 2.49. The fourth-order valence-electron chi connectivity index (χ4n) is 6.35. The molecule has 2 aliphatic heterocycles. The Morgan fingerprint density at radius 2 is 1.46 bits per heavy atom. The minimum absolute atomic E-state index is 0.0285. The molecular formula is C28H37N3O6. The maximum absolute atomic E-state index is 10.1. The van der Waals surface area contributed by atoms with E-state index in [0.29, 0.717) is 35.8 Å². The summed E-state index contributed by atoms with van der Waals surface area (Å²) in [6.45, 7) is 3.93. The van der Waals surface area contributed by atoms with Crippen molar-refractivity contribution in [3.05, 3.63) is 33.9 Å². The van der Waals surface area contributed by atoms with Crippen molar-refractivity contribution < 1.29 is 28.4 Å². The van der Waals surface area contributed by atoms with E-state index in [9.17, 15) is 5.26 Å². The molecule has 0 amide bonds. The number of nitrogens with zero attached hydrogens (tertiary/aromatic N) is 2. The van der Waals surface area contributed by atoms with Gasteiger partial charge in [0.1, 0.15) is 17.5 Å². The van der Waals surface area contributed by atoms with Crippen LogP contribution in [-0.4, -0.2) is 72.7 Å².